The monoisotopic (exact) mass is 487 g/mol. The Labute approximate surface area is 197 Å². The first kappa shape index (κ1) is 23.9. The van der Waals surface area contributed by atoms with Crippen LogP contribution >= 0.6 is 0 Å². The molecule has 3 heterocycles. The largest absolute Gasteiger partial charge is 0.340 e. The Morgan fingerprint density at radius 3 is 2.50 bits per heavy atom. The van der Waals surface area contributed by atoms with E-state index < -0.39 is 39.6 Å². The minimum atomic E-state index is -3.18. The standard InChI is InChI=1S/C23H29N5O5S/c1-16(2)11-26-15-24-21-20(26)22(30)28(23(31)27(21)12-17-7-5-4-6-8-17)13-19(29)25(3)18-9-10-34(32,33)14-18/h4-8,15-16,18H,9-14H2,1-3H3/t18-/m1/s1. The number of benzene rings is 1. The quantitative estimate of drug-likeness (QED) is 0.485. The first-order valence-electron chi connectivity index (χ1n) is 11.3. The van der Waals surface area contributed by atoms with Crippen LogP contribution in [0.2, 0.25) is 0 Å². The summed E-state index contributed by atoms with van der Waals surface area (Å²) in [4.78, 5) is 45.6. The van der Waals surface area contributed by atoms with Gasteiger partial charge in [0, 0.05) is 19.6 Å². The molecule has 1 fully saturated rings. The number of hydrogen-bond donors (Lipinski definition) is 0. The predicted molar refractivity (Wildman–Crippen MR) is 128 cm³/mol. The van der Waals surface area contributed by atoms with Gasteiger partial charge in [-0.2, -0.15) is 0 Å². The van der Waals surface area contributed by atoms with Gasteiger partial charge in [0.1, 0.15) is 6.54 Å². The van der Waals surface area contributed by atoms with E-state index in [1.54, 1.807) is 10.9 Å². The van der Waals surface area contributed by atoms with Crippen LogP contribution in [0.5, 0.6) is 0 Å². The zero-order chi connectivity index (χ0) is 24.6. The number of fused-ring (bicyclic) bond motifs is 1. The van der Waals surface area contributed by atoms with Gasteiger partial charge >= 0.3 is 5.69 Å². The SMILES string of the molecule is CC(C)Cn1cnc2c1c(=O)n(CC(=O)N(C)[C@@H]1CCS(=O)(=O)C1)c(=O)n2Cc1ccccc1. The van der Waals surface area contributed by atoms with Gasteiger partial charge in [0.15, 0.2) is 21.0 Å². The van der Waals surface area contributed by atoms with Gasteiger partial charge < -0.3 is 9.47 Å². The van der Waals surface area contributed by atoms with Crippen LogP contribution < -0.4 is 11.2 Å². The number of carbonyl (C=O) groups is 1. The highest BCUT2D eigenvalue weighted by molar-refractivity contribution is 7.91. The van der Waals surface area contributed by atoms with Crippen molar-refractivity contribution in [3.05, 3.63) is 63.1 Å². The van der Waals surface area contributed by atoms with E-state index in [0.717, 1.165) is 10.1 Å². The van der Waals surface area contributed by atoms with Crippen molar-refractivity contribution in [2.75, 3.05) is 18.6 Å². The highest BCUT2D eigenvalue weighted by Crippen LogP contribution is 2.17. The van der Waals surface area contributed by atoms with Crippen LogP contribution in [-0.2, 0) is 34.3 Å². The van der Waals surface area contributed by atoms with Gasteiger partial charge in [-0.25, -0.2) is 22.8 Å². The molecular weight excluding hydrogens is 458 g/mol. The fourth-order valence-electron chi connectivity index (χ4n) is 4.35. The van der Waals surface area contributed by atoms with Crippen molar-refractivity contribution in [3.63, 3.8) is 0 Å². The van der Waals surface area contributed by atoms with Crippen molar-refractivity contribution in [1.29, 1.82) is 0 Å². The van der Waals surface area contributed by atoms with E-state index in [4.69, 9.17) is 0 Å². The molecule has 11 heteroatoms. The normalized spacial score (nSPS) is 17.5. The summed E-state index contributed by atoms with van der Waals surface area (Å²) in [6.07, 6.45) is 1.90. The highest BCUT2D eigenvalue weighted by Gasteiger charge is 2.33. The van der Waals surface area contributed by atoms with Gasteiger partial charge in [-0.3, -0.25) is 14.2 Å². The third-order valence-corrected chi connectivity index (χ3v) is 7.92. The highest BCUT2D eigenvalue weighted by atomic mass is 32.2. The van der Waals surface area contributed by atoms with Gasteiger partial charge in [-0.15, -0.1) is 0 Å². The second-order valence-electron chi connectivity index (χ2n) is 9.27. The molecule has 0 unspecified atom stereocenters. The summed E-state index contributed by atoms with van der Waals surface area (Å²) in [6, 6.07) is 8.88. The van der Waals surface area contributed by atoms with Crippen LogP contribution in [0.1, 0.15) is 25.8 Å². The number of carbonyl (C=O) groups excluding carboxylic acids is 1. The summed E-state index contributed by atoms with van der Waals surface area (Å²) in [7, 11) is -1.67. The van der Waals surface area contributed by atoms with Crippen molar-refractivity contribution in [2.24, 2.45) is 5.92 Å². The van der Waals surface area contributed by atoms with Gasteiger partial charge in [0.2, 0.25) is 5.91 Å². The molecule has 0 radical (unpaired) electrons. The third kappa shape index (κ3) is 4.70. The van der Waals surface area contributed by atoms with Gasteiger partial charge in [0.05, 0.1) is 24.4 Å². The molecule has 0 saturated carbocycles. The summed E-state index contributed by atoms with van der Waals surface area (Å²) in [5.41, 5.74) is 0.191. The minimum Gasteiger partial charge on any atom is -0.340 e. The van der Waals surface area contributed by atoms with Crippen molar-refractivity contribution in [3.8, 4) is 0 Å². The summed E-state index contributed by atoms with van der Waals surface area (Å²) < 4.78 is 27.7. The van der Waals surface area contributed by atoms with Crippen molar-refractivity contribution in [2.45, 2.75) is 45.9 Å². The maximum absolute atomic E-state index is 13.4. The number of rotatable bonds is 7. The molecule has 1 aromatic carbocycles. The number of likely N-dealkylation sites (N-methyl/N-ethyl adjacent to an activating group) is 1. The molecule has 0 N–H and O–H groups in total. The maximum atomic E-state index is 13.4. The maximum Gasteiger partial charge on any atom is 0.333 e. The summed E-state index contributed by atoms with van der Waals surface area (Å²) in [5, 5.41) is 0. The Morgan fingerprint density at radius 2 is 1.88 bits per heavy atom. The molecule has 0 aliphatic carbocycles. The topological polar surface area (TPSA) is 116 Å². The zero-order valence-corrected chi connectivity index (χ0v) is 20.4. The van der Waals surface area contributed by atoms with Crippen LogP contribution in [0, 0.1) is 5.92 Å². The van der Waals surface area contributed by atoms with Gasteiger partial charge in [0.25, 0.3) is 5.56 Å². The fourth-order valence-corrected chi connectivity index (χ4v) is 6.12. The predicted octanol–water partition coefficient (Wildman–Crippen LogP) is 0.710. The van der Waals surface area contributed by atoms with Crippen LogP contribution in [-0.4, -0.2) is 62.5 Å². The van der Waals surface area contributed by atoms with Crippen molar-refractivity contribution in [1.82, 2.24) is 23.6 Å². The number of amides is 1. The molecule has 1 aliphatic rings. The number of nitrogens with zero attached hydrogens (tertiary/aromatic N) is 5. The lowest BCUT2D eigenvalue weighted by atomic mass is 10.2. The van der Waals surface area contributed by atoms with Crippen molar-refractivity contribution >= 4 is 26.9 Å². The average Bonchev–Trinajstić information content (AvgIpc) is 3.36. The Bertz CT molecular complexity index is 1440. The molecule has 0 spiro atoms. The molecule has 182 valence electrons. The molecule has 1 atom stereocenters. The van der Waals surface area contributed by atoms with E-state index in [9.17, 15) is 22.8 Å². The van der Waals surface area contributed by atoms with E-state index >= 15 is 0 Å². The van der Waals surface area contributed by atoms with Crippen molar-refractivity contribution < 1.29 is 13.2 Å². The molecule has 1 amide bonds. The van der Waals surface area contributed by atoms with Gasteiger partial charge in [-0.05, 0) is 17.9 Å². The van der Waals surface area contributed by atoms with Gasteiger partial charge in [-0.1, -0.05) is 44.2 Å². The van der Waals surface area contributed by atoms with E-state index in [1.807, 2.05) is 44.2 Å². The van der Waals surface area contributed by atoms with E-state index in [-0.39, 0.29) is 35.1 Å². The average molecular weight is 488 g/mol. The molecule has 2 aromatic heterocycles. The number of hydrogen-bond acceptors (Lipinski definition) is 6. The minimum absolute atomic E-state index is 0.0272. The van der Waals surface area contributed by atoms with E-state index in [0.29, 0.717) is 13.0 Å². The van der Waals surface area contributed by atoms with Crippen LogP contribution in [0.3, 0.4) is 0 Å². The lowest BCUT2D eigenvalue weighted by molar-refractivity contribution is -0.132. The Kier molecular flexibility index (Phi) is 6.48. The summed E-state index contributed by atoms with van der Waals surface area (Å²) >= 11 is 0. The lowest BCUT2D eigenvalue weighted by Crippen LogP contribution is -2.47. The lowest BCUT2D eigenvalue weighted by Gasteiger charge is -2.24. The number of sulfone groups is 1. The molecule has 3 aromatic rings. The van der Waals surface area contributed by atoms with E-state index in [1.165, 1.54) is 16.5 Å². The number of aromatic nitrogens is 4. The third-order valence-electron chi connectivity index (χ3n) is 6.17. The second kappa shape index (κ2) is 9.21. The number of imidazole rings is 1. The zero-order valence-electron chi connectivity index (χ0n) is 19.5. The molecule has 4 rings (SSSR count). The van der Waals surface area contributed by atoms with E-state index in [2.05, 4.69) is 4.98 Å². The van der Waals surface area contributed by atoms with Crippen LogP contribution in [0.15, 0.2) is 46.2 Å². The molecule has 1 aliphatic heterocycles. The van der Waals surface area contributed by atoms with Crippen LogP contribution in [0.4, 0.5) is 0 Å². The smallest absolute Gasteiger partial charge is 0.333 e. The molecule has 0 bridgehead atoms. The summed E-state index contributed by atoms with van der Waals surface area (Å²) in [5.74, 6) is -0.333. The Balaban J connectivity index is 1.78. The second-order valence-corrected chi connectivity index (χ2v) is 11.5. The Morgan fingerprint density at radius 1 is 1.18 bits per heavy atom. The molecular formula is C23H29N5O5S. The first-order valence-corrected chi connectivity index (χ1v) is 13.1. The Hall–Kier alpha value is -3.21. The van der Waals surface area contributed by atoms with Crippen LogP contribution in [0.25, 0.3) is 11.2 Å². The molecule has 1 saturated heterocycles. The first-order chi connectivity index (χ1) is 16.1. The molecule has 10 nitrogen and oxygen atoms in total. The summed E-state index contributed by atoms with van der Waals surface area (Å²) in [6.45, 7) is 4.28. The molecule has 34 heavy (non-hydrogen) atoms. The fraction of sp³-hybridized carbons (Fsp3) is 0.478.